The van der Waals surface area contributed by atoms with Gasteiger partial charge in [0.25, 0.3) is 0 Å². The maximum atomic E-state index is 15.0. The molecule has 160 valence electrons. The molecule has 1 atom stereocenters. The molecule has 8 heteroatoms. The van der Waals surface area contributed by atoms with Gasteiger partial charge >= 0.3 is 0 Å². The van der Waals surface area contributed by atoms with Gasteiger partial charge in [-0.15, -0.1) is 36.2 Å². The van der Waals surface area contributed by atoms with Gasteiger partial charge in [-0.2, -0.15) is 0 Å². The Bertz CT molecular complexity index is 815. The van der Waals surface area contributed by atoms with E-state index in [4.69, 9.17) is 5.41 Å². The summed E-state index contributed by atoms with van der Waals surface area (Å²) in [6, 6.07) is 8.01. The van der Waals surface area contributed by atoms with Crippen molar-refractivity contribution in [1.29, 1.82) is 5.41 Å². The quantitative estimate of drug-likeness (QED) is 0.465. The van der Waals surface area contributed by atoms with Gasteiger partial charge in [0.05, 0.1) is 10.6 Å². The van der Waals surface area contributed by atoms with Gasteiger partial charge in [-0.1, -0.05) is 6.07 Å². The Kier molecular flexibility index (Phi) is 8.76. The van der Waals surface area contributed by atoms with E-state index in [-0.39, 0.29) is 30.6 Å². The highest BCUT2D eigenvalue weighted by atomic mass is 35.5. The normalized spacial score (nSPS) is 18.6. The summed E-state index contributed by atoms with van der Waals surface area (Å²) in [7, 11) is 2.20. The first-order chi connectivity index (χ1) is 13.1. The number of halogens is 3. The van der Waals surface area contributed by atoms with Gasteiger partial charge in [0.2, 0.25) is 0 Å². The standard InChI is InChI=1S/C21H27FN4S.2ClH/c1-25-9-3-6-17(25)8-11-26-10-2-5-15-13-16(14-18(22)20(15)26)24-21(23)19-7-4-12-27-19;;/h4,7,12-14,17H,2-3,5-6,8-11H2,1H3,(H2,23,24);2*1H. The highest BCUT2D eigenvalue weighted by molar-refractivity contribution is 7.12. The number of hydrogen-bond acceptors (Lipinski definition) is 4. The van der Waals surface area contributed by atoms with Crippen molar-refractivity contribution in [2.45, 2.75) is 38.1 Å². The van der Waals surface area contributed by atoms with Gasteiger partial charge in [0, 0.05) is 24.8 Å². The van der Waals surface area contributed by atoms with Crippen molar-refractivity contribution in [1.82, 2.24) is 4.90 Å². The first-order valence-corrected chi connectivity index (χ1v) is 10.7. The van der Waals surface area contributed by atoms with E-state index in [0.29, 0.717) is 17.6 Å². The molecule has 1 aromatic carbocycles. The molecule has 0 radical (unpaired) electrons. The van der Waals surface area contributed by atoms with E-state index in [2.05, 4.69) is 22.2 Å². The maximum absolute atomic E-state index is 15.0. The minimum Gasteiger partial charge on any atom is -0.369 e. The summed E-state index contributed by atoms with van der Waals surface area (Å²) in [6.07, 6.45) is 5.58. The van der Waals surface area contributed by atoms with Gasteiger partial charge in [-0.3, -0.25) is 5.41 Å². The van der Waals surface area contributed by atoms with Crippen LogP contribution in [0.1, 0.15) is 36.1 Å². The summed E-state index contributed by atoms with van der Waals surface area (Å²) < 4.78 is 15.0. The molecule has 1 saturated heterocycles. The summed E-state index contributed by atoms with van der Waals surface area (Å²) >= 11 is 1.51. The Morgan fingerprint density at radius 3 is 2.79 bits per heavy atom. The molecule has 1 fully saturated rings. The summed E-state index contributed by atoms with van der Waals surface area (Å²) in [5.41, 5.74) is 2.50. The SMILES string of the molecule is CN1CCCC1CCN1CCCc2cc(NC(=N)c3cccs3)cc(F)c21.Cl.Cl. The van der Waals surface area contributed by atoms with E-state index in [1.54, 1.807) is 6.07 Å². The van der Waals surface area contributed by atoms with Crippen molar-refractivity contribution in [2.24, 2.45) is 0 Å². The van der Waals surface area contributed by atoms with Crippen molar-refractivity contribution in [3.63, 3.8) is 0 Å². The molecule has 29 heavy (non-hydrogen) atoms. The first-order valence-electron chi connectivity index (χ1n) is 9.79. The maximum Gasteiger partial charge on any atom is 0.148 e. The Hall–Kier alpha value is -1.34. The van der Waals surface area contributed by atoms with E-state index in [1.165, 1.54) is 30.7 Å². The lowest BCUT2D eigenvalue weighted by molar-refractivity contribution is 0.297. The molecular weight excluding hydrogens is 430 g/mol. The molecule has 0 spiro atoms. The van der Waals surface area contributed by atoms with E-state index in [9.17, 15) is 4.39 Å². The molecule has 0 saturated carbocycles. The number of nitrogens with zero attached hydrogens (tertiary/aromatic N) is 2. The van der Waals surface area contributed by atoms with Crippen LogP contribution in [-0.4, -0.2) is 43.5 Å². The van der Waals surface area contributed by atoms with Crippen LogP contribution < -0.4 is 10.2 Å². The number of likely N-dealkylation sites (tertiary alicyclic amines) is 1. The zero-order chi connectivity index (χ0) is 18.8. The zero-order valence-electron chi connectivity index (χ0n) is 16.6. The molecule has 1 unspecified atom stereocenters. The van der Waals surface area contributed by atoms with Crippen LogP contribution in [0.15, 0.2) is 29.6 Å². The Morgan fingerprint density at radius 1 is 1.28 bits per heavy atom. The third kappa shape index (κ3) is 5.43. The minimum atomic E-state index is -0.173. The molecule has 1 aromatic heterocycles. The fourth-order valence-electron chi connectivity index (χ4n) is 4.34. The smallest absolute Gasteiger partial charge is 0.148 e. The van der Waals surface area contributed by atoms with Gasteiger partial charge < -0.3 is 15.1 Å². The predicted molar refractivity (Wildman–Crippen MR) is 126 cm³/mol. The molecule has 0 bridgehead atoms. The van der Waals surface area contributed by atoms with E-state index >= 15 is 0 Å². The third-order valence-corrected chi connectivity index (χ3v) is 6.66. The van der Waals surface area contributed by atoms with Gasteiger partial charge in [0.1, 0.15) is 11.7 Å². The lowest BCUT2D eigenvalue weighted by Gasteiger charge is -2.33. The second kappa shape index (κ2) is 10.6. The number of amidine groups is 1. The third-order valence-electron chi connectivity index (χ3n) is 5.77. The zero-order valence-corrected chi connectivity index (χ0v) is 19.1. The Balaban J connectivity index is 0.00000150. The van der Waals surface area contributed by atoms with Crippen LogP contribution in [-0.2, 0) is 6.42 Å². The number of nitrogens with one attached hydrogen (secondary N) is 2. The number of aryl methyl sites for hydroxylation is 1. The number of hydrogen-bond donors (Lipinski definition) is 2. The molecule has 3 heterocycles. The molecule has 4 nitrogen and oxygen atoms in total. The molecular formula is C21H29Cl2FN4S. The topological polar surface area (TPSA) is 42.4 Å². The fourth-order valence-corrected chi connectivity index (χ4v) is 4.97. The monoisotopic (exact) mass is 458 g/mol. The molecule has 2 aliphatic rings. The van der Waals surface area contributed by atoms with E-state index < -0.39 is 0 Å². The van der Waals surface area contributed by atoms with E-state index in [0.717, 1.165) is 48.5 Å². The second-order valence-corrected chi connectivity index (χ2v) is 8.55. The van der Waals surface area contributed by atoms with Crippen molar-refractivity contribution < 1.29 is 4.39 Å². The van der Waals surface area contributed by atoms with Crippen molar-refractivity contribution in [2.75, 3.05) is 36.9 Å². The average molecular weight is 459 g/mol. The number of fused-ring (bicyclic) bond motifs is 1. The van der Waals surface area contributed by atoms with Crippen LogP contribution in [0.2, 0.25) is 0 Å². The molecule has 2 aromatic rings. The van der Waals surface area contributed by atoms with Crippen molar-refractivity contribution >= 4 is 53.4 Å². The van der Waals surface area contributed by atoms with Gasteiger partial charge in [0.15, 0.2) is 0 Å². The molecule has 4 rings (SSSR count). The molecule has 2 N–H and O–H groups in total. The van der Waals surface area contributed by atoms with Crippen LogP contribution >= 0.6 is 36.2 Å². The largest absolute Gasteiger partial charge is 0.369 e. The Labute approximate surface area is 188 Å². The summed E-state index contributed by atoms with van der Waals surface area (Å²) in [4.78, 5) is 5.52. The van der Waals surface area contributed by atoms with Crippen LogP contribution in [0, 0.1) is 11.2 Å². The number of benzene rings is 1. The van der Waals surface area contributed by atoms with Crippen LogP contribution in [0.3, 0.4) is 0 Å². The summed E-state index contributed by atoms with van der Waals surface area (Å²) in [6.45, 7) is 3.02. The van der Waals surface area contributed by atoms with Crippen molar-refractivity contribution in [3.05, 3.63) is 45.9 Å². The summed E-state index contributed by atoms with van der Waals surface area (Å²) in [5, 5.41) is 13.2. The van der Waals surface area contributed by atoms with Crippen LogP contribution in [0.25, 0.3) is 0 Å². The van der Waals surface area contributed by atoms with Gasteiger partial charge in [-0.05, 0) is 74.8 Å². The average Bonchev–Trinajstić information content (AvgIpc) is 3.31. The second-order valence-electron chi connectivity index (χ2n) is 7.60. The lowest BCUT2D eigenvalue weighted by Crippen LogP contribution is -2.35. The van der Waals surface area contributed by atoms with Crippen molar-refractivity contribution in [3.8, 4) is 0 Å². The predicted octanol–water partition coefficient (Wildman–Crippen LogP) is 5.41. The molecule has 0 aliphatic carbocycles. The summed E-state index contributed by atoms with van der Waals surface area (Å²) in [5.74, 6) is 0.148. The fraction of sp³-hybridized carbons (Fsp3) is 0.476. The van der Waals surface area contributed by atoms with E-state index in [1.807, 2.05) is 23.6 Å². The Morgan fingerprint density at radius 2 is 2.10 bits per heavy atom. The molecule has 2 aliphatic heterocycles. The lowest BCUT2D eigenvalue weighted by atomic mass is 9.99. The molecule has 0 amide bonds. The van der Waals surface area contributed by atoms with Crippen LogP contribution in [0.5, 0.6) is 0 Å². The van der Waals surface area contributed by atoms with Gasteiger partial charge in [-0.25, -0.2) is 4.39 Å². The number of thiophene rings is 1. The highest BCUT2D eigenvalue weighted by Gasteiger charge is 2.25. The number of anilines is 2. The highest BCUT2D eigenvalue weighted by Crippen LogP contribution is 2.34. The minimum absolute atomic E-state index is 0. The first kappa shape index (κ1) is 23.9. The number of rotatable bonds is 5. The van der Waals surface area contributed by atoms with Crippen LogP contribution in [0.4, 0.5) is 15.8 Å².